The summed E-state index contributed by atoms with van der Waals surface area (Å²) in [6.07, 6.45) is 6.21. The highest BCUT2D eigenvalue weighted by Gasteiger charge is 2.02. The van der Waals surface area contributed by atoms with E-state index in [0.717, 1.165) is 32.5 Å². The summed E-state index contributed by atoms with van der Waals surface area (Å²) < 4.78 is 7.04. The van der Waals surface area contributed by atoms with E-state index in [1.165, 1.54) is 5.56 Å². The van der Waals surface area contributed by atoms with E-state index in [-0.39, 0.29) is 0 Å². The first-order valence-corrected chi connectivity index (χ1v) is 6.00. The van der Waals surface area contributed by atoms with Crippen molar-refractivity contribution in [2.24, 2.45) is 0 Å². The van der Waals surface area contributed by atoms with Crippen LogP contribution >= 0.6 is 0 Å². The van der Waals surface area contributed by atoms with Gasteiger partial charge in [0.1, 0.15) is 0 Å². The van der Waals surface area contributed by atoms with Gasteiger partial charge in [-0.15, -0.1) is 0 Å². The third kappa shape index (κ3) is 4.77. The predicted octanol–water partition coefficient (Wildman–Crippen LogP) is 1.81. The molecule has 4 heteroatoms. The monoisotopic (exact) mass is 225 g/mol. The molecule has 0 aromatic carbocycles. The van der Waals surface area contributed by atoms with Gasteiger partial charge in [0.2, 0.25) is 0 Å². The summed E-state index contributed by atoms with van der Waals surface area (Å²) in [5, 5.41) is 7.75. The fraction of sp³-hybridized carbons (Fsp3) is 0.750. The molecule has 0 aliphatic rings. The molecule has 92 valence electrons. The molecule has 4 nitrogen and oxygen atoms in total. The van der Waals surface area contributed by atoms with E-state index in [1.807, 2.05) is 10.9 Å². The minimum absolute atomic E-state index is 0.481. The predicted molar refractivity (Wildman–Crippen MR) is 65.3 cm³/mol. The Bertz CT molecular complexity index is 286. The molecule has 0 fully saturated rings. The molecule has 0 spiro atoms. The second-order valence-electron chi connectivity index (χ2n) is 4.18. The van der Waals surface area contributed by atoms with Crippen LogP contribution < -0.4 is 5.32 Å². The zero-order valence-electron chi connectivity index (χ0n) is 10.6. The van der Waals surface area contributed by atoms with Gasteiger partial charge in [-0.1, -0.05) is 6.92 Å². The lowest BCUT2D eigenvalue weighted by atomic mass is 10.2. The molecule has 1 N–H and O–H groups in total. The van der Waals surface area contributed by atoms with E-state index in [9.17, 15) is 0 Å². The largest absolute Gasteiger partial charge is 0.385 e. The summed E-state index contributed by atoms with van der Waals surface area (Å²) in [4.78, 5) is 0. The Balaban J connectivity index is 2.25. The number of ether oxygens (including phenoxy) is 1. The second kappa shape index (κ2) is 7.41. The van der Waals surface area contributed by atoms with Crippen molar-refractivity contribution in [2.45, 2.75) is 45.8 Å². The fourth-order valence-electron chi connectivity index (χ4n) is 1.54. The maximum atomic E-state index is 5.04. The third-order valence-corrected chi connectivity index (χ3v) is 2.55. The summed E-state index contributed by atoms with van der Waals surface area (Å²) in [6, 6.07) is 0.481. The summed E-state index contributed by atoms with van der Waals surface area (Å²) in [6.45, 7) is 7.03. The molecule has 16 heavy (non-hydrogen) atoms. The van der Waals surface area contributed by atoms with Crippen LogP contribution in [0.1, 0.15) is 32.3 Å². The standard InChI is InChI=1S/C12H23N3O/c1-4-6-15-10-12(9-14-15)8-13-11(2)5-7-16-3/h9-11,13H,4-8H2,1-3H3. The van der Waals surface area contributed by atoms with Gasteiger partial charge in [-0.3, -0.25) is 4.68 Å². The molecule has 1 atom stereocenters. The molecule has 1 unspecified atom stereocenters. The van der Waals surface area contributed by atoms with Gasteiger partial charge < -0.3 is 10.1 Å². The minimum atomic E-state index is 0.481. The van der Waals surface area contributed by atoms with Crippen LogP contribution in [0.3, 0.4) is 0 Å². The SMILES string of the molecule is CCCn1cc(CNC(C)CCOC)cn1. The van der Waals surface area contributed by atoms with E-state index in [4.69, 9.17) is 4.74 Å². The maximum Gasteiger partial charge on any atom is 0.0534 e. The second-order valence-corrected chi connectivity index (χ2v) is 4.18. The third-order valence-electron chi connectivity index (χ3n) is 2.55. The van der Waals surface area contributed by atoms with Gasteiger partial charge in [-0.25, -0.2) is 0 Å². The molecular formula is C12H23N3O. The molecule has 1 rings (SSSR count). The Labute approximate surface area is 98.0 Å². The number of methoxy groups -OCH3 is 1. The molecule has 1 aromatic rings. The van der Waals surface area contributed by atoms with Gasteiger partial charge in [-0.2, -0.15) is 5.10 Å². The highest BCUT2D eigenvalue weighted by Crippen LogP contribution is 2.00. The van der Waals surface area contributed by atoms with Crippen LogP contribution in [-0.2, 0) is 17.8 Å². The van der Waals surface area contributed by atoms with Gasteiger partial charge >= 0.3 is 0 Å². The molecular weight excluding hydrogens is 202 g/mol. The highest BCUT2D eigenvalue weighted by molar-refractivity contribution is 5.03. The van der Waals surface area contributed by atoms with Crippen LogP contribution in [0.4, 0.5) is 0 Å². The maximum absolute atomic E-state index is 5.04. The van der Waals surface area contributed by atoms with Crippen LogP contribution in [-0.4, -0.2) is 29.5 Å². The van der Waals surface area contributed by atoms with Crippen molar-refractivity contribution in [1.29, 1.82) is 0 Å². The Morgan fingerprint density at radius 2 is 2.38 bits per heavy atom. The number of hydrogen-bond acceptors (Lipinski definition) is 3. The van der Waals surface area contributed by atoms with Crippen molar-refractivity contribution < 1.29 is 4.74 Å². The smallest absolute Gasteiger partial charge is 0.0534 e. The minimum Gasteiger partial charge on any atom is -0.385 e. The van der Waals surface area contributed by atoms with Crippen molar-refractivity contribution in [3.63, 3.8) is 0 Å². The summed E-state index contributed by atoms with van der Waals surface area (Å²) in [7, 11) is 1.74. The van der Waals surface area contributed by atoms with Crippen LogP contribution in [0, 0.1) is 0 Å². The van der Waals surface area contributed by atoms with Gasteiger partial charge in [0.05, 0.1) is 6.20 Å². The molecule has 1 aromatic heterocycles. The van der Waals surface area contributed by atoms with Crippen molar-refractivity contribution in [1.82, 2.24) is 15.1 Å². The first-order chi connectivity index (χ1) is 7.76. The lowest BCUT2D eigenvalue weighted by molar-refractivity contribution is 0.184. The zero-order valence-corrected chi connectivity index (χ0v) is 10.6. The number of hydrogen-bond donors (Lipinski definition) is 1. The Kier molecular flexibility index (Phi) is 6.11. The first-order valence-electron chi connectivity index (χ1n) is 6.00. The summed E-state index contributed by atoms with van der Waals surface area (Å²) in [5.41, 5.74) is 1.25. The average molecular weight is 225 g/mol. The van der Waals surface area contributed by atoms with E-state index < -0.39 is 0 Å². The first kappa shape index (κ1) is 13.2. The number of nitrogens with zero attached hydrogens (tertiary/aromatic N) is 2. The fourth-order valence-corrected chi connectivity index (χ4v) is 1.54. The summed E-state index contributed by atoms with van der Waals surface area (Å²) in [5.74, 6) is 0. The summed E-state index contributed by atoms with van der Waals surface area (Å²) >= 11 is 0. The van der Waals surface area contributed by atoms with Crippen molar-refractivity contribution in [2.75, 3.05) is 13.7 Å². The van der Waals surface area contributed by atoms with Crippen molar-refractivity contribution >= 4 is 0 Å². The Hall–Kier alpha value is -0.870. The van der Waals surface area contributed by atoms with E-state index in [0.29, 0.717) is 6.04 Å². The molecule has 0 saturated heterocycles. The molecule has 0 saturated carbocycles. The lowest BCUT2D eigenvalue weighted by Gasteiger charge is -2.11. The topological polar surface area (TPSA) is 39.1 Å². The van der Waals surface area contributed by atoms with E-state index >= 15 is 0 Å². The number of aryl methyl sites for hydroxylation is 1. The quantitative estimate of drug-likeness (QED) is 0.733. The lowest BCUT2D eigenvalue weighted by Crippen LogP contribution is -2.26. The zero-order chi connectivity index (χ0) is 11.8. The normalized spacial score (nSPS) is 12.9. The van der Waals surface area contributed by atoms with Gasteiger partial charge in [-0.05, 0) is 19.8 Å². The number of aromatic nitrogens is 2. The molecule has 0 amide bonds. The molecule has 0 radical (unpaired) electrons. The Morgan fingerprint density at radius 3 is 3.06 bits per heavy atom. The molecule has 0 aliphatic heterocycles. The number of rotatable bonds is 8. The Morgan fingerprint density at radius 1 is 1.56 bits per heavy atom. The average Bonchev–Trinajstić information content (AvgIpc) is 2.72. The number of nitrogens with one attached hydrogen (secondary N) is 1. The van der Waals surface area contributed by atoms with Gasteiger partial charge in [0.25, 0.3) is 0 Å². The molecule has 0 bridgehead atoms. The van der Waals surface area contributed by atoms with Crippen LogP contribution in [0.15, 0.2) is 12.4 Å². The van der Waals surface area contributed by atoms with Gasteiger partial charge in [0, 0.05) is 44.6 Å². The van der Waals surface area contributed by atoms with Gasteiger partial charge in [0.15, 0.2) is 0 Å². The van der Waals surface area contributed by atoms with Crippen LogP contribution in [0.5, 0.6) is 0 Å². The van der Waals surface area contributed by atoms with Crippen molar-refractivity contribution in [3.8, 4) is 0 Å². The molecule has 0 aliphatic carbocycles. The molecule has 1 heterocycles. The van der Waals surface area contributed by atoms with Crippen LogP contribution in [0.2, 0.25) is 0 Å². The highest BCUT2D eigenvalue weighted by atomic mass is 16.5. The van der Waals surface area contributed by atoms with E-state index in [2.05, 4.69) is 30.5 Å². The van der Waals surface area contributed by atoms with E-state index in [1.54, 1.807) is 7.11 Å². The van der Waals surface area contributed by atoms with Crippen molar-refractivity contribution in [3.05, 3.63) is 18.0 Å². The van der Waals surface area contributed by atoms with Crippen LogP contribution in [0.25, 0.3) is 0 Å².